The van der Waals surface area contributed by atoms with Crippen molar-refractivity contribution in [3.8, 4) is 0 Å². The quantitative estimate of drug-likeness (QED) is 0.796. The number of fused-ring (bicyclic) bond motifs is 1. The van der Waals surface area contributed by atoms with Crippen molar-refractivity contribution in [3.63, 3.8) is 0 Å². The lowest BCUT2D eigenvalue weighted by Gasteiger charge is -2.37. The van der Waals surface area contributed by atoms with Gasteiger partial charge in [-0.25, -0.2) is 0 Å². The minimum Gasteiger partial charge on any atom is -0.367 e. The molecule has 1 aromatic rings. The topological polar surface area (TPSA) is 48.9 Å². The number of hydrogen-bond acceptors (Lipinski definition) is 5. The Morgan fingerprint density at radius 3 is 2.92 bits per heavy atom. The van der Waals surface area contributed by atoms with Crippen LogP contribution in [0.3, 0.4) is 0 Å². The molecule has 1 aromatic heterocycles. The van der Waals surface area contributed by atoms with Crippen LogP contribution < -0.4 is 0 Å². The van der Waals surface area contributed by atoms with Crippen LogP contribution in [0, 0.1) is 6.92 Å². The average Bonchev–Trinajstić information content (AvgIpc) is 2.94. The zero-order chi connectivity index (χ0) is 17.1. The summed E-state index contributed by atoms with van der Waals surface area (Å²) in [4.78, 5) is 22.8. The number of ether oxygens (including phenoxy) is 1. The summed E-state index contributed by atoms with van der Waals surface area (Å²) in [5.74, 6) is 0.0343. The van der Waals surface area contributed by atoms with Gasteiger partial charge in [0.1, 0.15) is 6.61 Å². The Morgan fingerprint density at radius 1 is 1.33 bits per heavy atom. The molecule has 0 aliphatic carbocycles. The number of rotatable bonds is 5. The van der Waals surface area contributed by atoms with Gasteiger partial charge < -0.3 is 9.64 Å². The maximum absolute atomic E-state index is 11.7. The van der Waals surface area contributed by atoms with E-state index in [1.807, 2.05) is 13.0 Å². The molecule has 0 unspecified atom stereocenters. The van der Waals surface area contributed by atoms with Crippen molar-refractivity contribution >= 4 is 5.91 Å². The first kappa shape index (κ1) is 17.3. The van der Waals surface area contributed by atoms with Crippen LogP contribution in [0.15, 0.2) is 18.2 Å². The lowest BCUT2D eigenvalue weighted by molar-refractivity contribution is -0.135. The first-order chi connectivity index (χ1) is 11.5. The van der Waals surface area contributed by atoms with E-state index >= 15 is 0 Å². The van der Waals surface area contributed by atoms with E-state index in [-0.39, 0.29) is 18.6 Å². The van der Waals surface area contributed by atoms with Crippen molar-refractivity contribution in [1.29, 1.82) is 0 Å². The van der Waals surface area contributed by atoms with Gasteiger partial charge in [0.25, 0.3) is 0 Å². The molecule has 0 aromatic carbocycles. The molecule has 6 nitrogen and oxygen atoms in total. The largest absolute Gasteiger partial charge is 0.367 e. The molecule has 0 radical (unpaired) electrons. The van der Waals surface area contributed by atoms with Crippen molar-refractivity contribution in [1.82, 2.24) is 19.7 Å². The van der Waals surface area contributed by atoms with Crippen LogP contribution in [0.1, 0.15) is 17.8 Å². The first-order valence-electron chi connectivity index (χ1n) is 8.72. The van der Waals surface area contributed by atoms with Gasteiger partial charge in [0.05, 0.1) is 11.8 Å². The van der Waals surface area contributed by atoms with E-state index in [9.17, 15) is 4.79 Å². The van der Waals surface area contributed by atoms with E-state index in [1.165, 1.54) is 0 Å². The van der Waals surface area contributed by atoms with Gasteiger partial charge in [0.15, 0.2) is 0 Å². The highest BCUT2D eigenvalue weighted by Gasteiger charge is 2.36. The Bertz CT molecular complexity index is 578. The fourth-order valence-corrected chi connectivity index (χ4v) is 3.56. The number of piperazine rings is 1. The molecule has 0 bridgehead atoms. The molecule has 3 rings (SSSR count). The van der Waals surface area contributed by atoms with Gasteiger partial charge in [-0.2, -0.15) is 0 Å². The van der Waals surface area contributed by atoms with E-state index in [4.69, 9.17) is 4.74 Å². The smallest absolute Gasteiger partial charge is 0.248 e. The molecule has 0 N–H and O–H groups in total. The number of carbonyl (C=O) groups excluding carboxylic acids is 1. The predicted molar refractivity (Wildman–Crippen MR) is 92.7 cm³/mol. The fourth-order valence-electron chi connectivity index (χ4n) is 3.56. The zero-order valence-corrected chi connectivity index (χ0v) is 14.9. The molecular formula is C18H28N4O2. The number of pyridine rings is 1. The highest BCUT2D eigenvalue weighted by Crippen LogP contribution is 2.24. The van der Waals surface area contributed by atoms with Crippen molar-refractivity contribution in [3.05, 3.63) is 29.6 Å². The zero-order valence-electron chi connectivity index (χ0n) is 14.9. The third-order valence-corrected chi connectivity index (χ3v) is 4.93. The predicted octanol–water partition coefficient (Wildman–Crippen LogP) is 0.753. The summed E-state index contributed by atoms with van der Waals surface area (Å²) in [6.45, 7) is 7.27. The molecular weight excluding hydrogens is 304 g/mol. The highest BCUT2D eigenvalue weighted by molar-refractivity contribution is 5.76. The van der Waals surface area contributed by atoms with Crippen LogP contribution in [0.2, 0.25) is 0 Å². The second-order valence-corrected chi connectivity index (χ2v) is 7.11. The average molecular weight is 332 g/mol. The second kappa shape index (κ2) is 7.59. The summed E-state index contributed by atoms with van der Waals surface area (Å²) in [6, 6.07) is 6.75. The number of likely N-dealkylation sites (N-methyl/N-ethyl adjacent to an activating group) is 1. The van der Waals surface area contributed by atoms with Crippen LogP contribution in [-0.4, -0.2) is 84.6 Å². The lowest BCUT2D eigenvalue weighted by atomic mass is 10.1. The van der Waals surface area contributed by atoms with Crippen LogP contribution in [0.25, 0.3) is 0 Å². The number of amides is 1. The van der Waals surface area contributed by atoms with Crippen molar-refractivity contribution in [2.24, 2.45) is 0 Å². The van der Waals surface area contributed by atoms with Gasteiger partial charge in [0.2, 0.25) is 5.91 Å². The molecule has 6 heteroatoms. The third-order valence-electron chi connectivity index (χ3n) is 4.93. The second-order valence-electron chi connectivity index (χ2n) is 7.11. The SMILES string of the molecule is Cc1cccc(CN2CCN3C[C@H](OCC(=O)N(C)C)C[C@H]3C2)n1. The normalized spacial score (nSPS) is 24.8. The monoisotopic (exact) mass is 332 g/mol. The molecule has 24 heavy (non-hydrogen) atoms. The van der Waals surface area contributed by atoms with Crippen LogP contribution in [0.5, 0.6) is 0 Å². The van der Waals surface area contributed by atoms with Crippen LogP contribution in [-0.2, 0) is 16.1 Å². The molecule has 0 saturated carbocycles. The van der Waals surface area contributed by atoms with E-state index in [0.29, 0.717) is 6.04 Å². The van der Waals surface area contributed by atoms with Crippen molar-refractivity contribution < 1.29 is 9.53 Å². The molecule has 2 fully saturated rings. The number of carbonyl (C=O) groups is 1. The van der Waals surface area contributed by atoms with E-state index in [0.717, 1.165) is 50.5 Å². The molecule has 0 spiro atoms. The Balaban J connectivity index is 1.48. The Kier molecular flexibility index (Phi) is 5.48. The van der Waals surface area contributed by atoms with E-state index < -0.39 is 0 Å². The first-order valence-corrected chi connectivity index (χ1v) is 8.72. The minimum atomic E-state index is 0.0343. The number of nitrogens with zero attached hydrogens (tertiary/aromatic N) is 4. The van der Waals surface area contributed by atoms with Crippen LogP contribution >= 0.6 is 0 Å². The molecule has 3 heterocycles. The fraction of sp³-hybridized carbons (Fsp3) is 0.667. The maximum atomic E-state index is 11.7. The number of aromatic nitrogens is 1. The summed E-state index contributed by atoms with van der Waals surface area (Å²) < 4.78 is 5.82. The van der Waals surface area contributed by atoms with Crippen molar-refractivity contribution in [2.75, 3.05) is 46.9 Å². The number of aryl methyl sites for hydroxylation is 1. The summed E-state index contributed by atoms with van der Waals surface area (Å²) in [5, 5.41) is 0. The van der Waals surface area contributed by atoms with Gasteiger partial charge >= 0.3 is 0 Å². The highest BCUT2D eigenvalue weighted by atomic mass is 16.5. The van der Waals surface area contributed by atoms with Gasteiger partial charge in [-0.15, -0.1) is 0 Å². The Morgan fingerprint density at radius 2 is 2.17 bits per heavy atom. The van der Waals surface area contributed by atoms with Gasteiger partial charge in [-0.05, 0) is 25.5 Å². The van der Waals surface area contributed by atoms with E-state index in [1.54, 1.807) is 19.0 Å². The van der Waals surface area contributed by atoms with Crippen LogP contribution in [0.4, 0.5) is 0 Å². The number of hydrogen-bond donors (Lipinski definition) is 0. The maximum Gasteiger partial charge on any atom is 0.248 e. The molecule has 2 aliphatic heterocycles. The molecule has 2 atom stereocenters. The summed E-state index contributed by atoms with van der Waals surface area (Å²) in [6.07, 6.45) is 1.19. The Labute approximate surface area is 144 Å². The summed E-state index contributed by atoms with van der Waals surface area (Å²) in [7, 11) is 3.53. The van der Waals surface area contributed by atoms with Gasteiger partial charge in [0, 0.05) is 58.6 Å². The third kappa shape index (κ3) is 4.32. The van der Waals surface area contributed by atoms with Crippen molar-refractivity contribution in [2.45, 2.75) is 32.0 Å². The minimum absolute atomic E-state index is 0.0343. The lowest BCUT2D eigenvalue weighted by Crippen LogP contribution is -2.49. The van der Waals surface area contributed by atoms with Gasteiger partial charge in [-0.1, -0.05) is 6.07 Å². The Hall–Kier alpha value is -1.50. The molecule has 2 aliphatic rings. The molecule has 132 valence electrons. The summed E-state index contributed by atoms with van der Waals surface area (Å²) >= 11 is 0. The molecule has 2 saturated heterocycles. The standard InChI is InChI=1S/C18H28N4O2/c1-14-5-4-6-15(19-14)10-21-7-8-22-12-17(9-16(22)11-21)24-13-18(23)20(2)3/h4-6,16-17H,7-13H2,1-3H3/t16-,17+/m0/s1. The summed E-state index contributed by atoms with van der Waals surface area (Å²) in [5.41, 5.74) is 2.22. The van der Waals surface area contributed by atoms with E-state index in [2.05, 4.69) is 26.9 Å². The van der Waals surface area contributed by atoms with Gasteiger partial charge in [-0.3, -0.25) is 19.6 Å². The molecule has 1 amide bonds.